The largest absolute Gasteiger partial charge is 0.493 e. The van der Waals surface area contributed by atoms with Gasteiger partial charge in [-0.3, -0.25) is 5.41 Å². The molecule has 0 radical (unpaired) electrons. The van der Waals surface area contributed by atoms with Crippen LogP contribution in [0.4, 0.5) is 0 Å². The maximum Gasteiger partial charge on any atom is 0.179 e. The predicted molar refractivity (Wildman–Crippen MR) is 108 cm³/mol. The first kappa shape index (κ1) is 17.4. The number of nitrogens with one attached hydrogen (secondary N) is 3. The van der Waals surface area contributed by atoms with Crippen LogP contribution in [0.15, 0.2) is 42.6 Å². The molecule has 0 aliphatic carbocycles. The van der Waals surface area contributed by atoms with Crippen molar-refractivity contribution in [1.29, 1.82) is 5.41 Å². The average molecular weight is 380 g/mol. The molecule has 0 amide bonds. The molecule has 3 N–H and O–H groups in total. The molecule has 7 heteroatoms. The van der Waals surface area contributed by atoms with Crippen molar-refractivity contribution < 1.29 is 9.47 Å². The summed E-state index contributed by atoms with van der Waals surface area (Å²) in [5.41, 5.74) is 3.43. The van der Waals surface area contributed by atoms with E-state index in [9.17, 15) is 0 Å². The fourth-order valence-electron chi connectivity index (χ4n) is 3.39. The third-order valence-corrected chi connectivity index (χ3v) is 5.14. The molecular weight excluding hydrogens is 360 g/mol. The monoisotopic (exact) mass is 380 g/mol. The van der Waals surface area contributed by atoms with Crippen molar-refractivity contribution in [2.75, 3.05) is 14.2 Å². The van der Waals surface area contributed by atoms with E-state index in [2.05, 4.69) is 22.1 Å². The zero-order valence-corrected chi connectivity index (χ0v) is 15.9. The number of aryl methyl sites for hydroxylation is 1. The Morgan fingerprint density at radius 2 is 1.78 bits per heavy atom. The fourth-order valence-corrected chi connectivity index (χ4v) is 3.68. The Balaban J connectivity index is 1.75. The lowest BCUT2D eigenvalue weighted by Gasteiger charge is -2.13. The highest BCUT2D eigenvalue weighted by Crippen LogP contribution is 2.30. The topological polar surface area (TPSA) is 78.8 Å². The van der Waals surface area contributed by atoms with Crippen molar-refractivity contribution in [3.05, 3.63) is 58.4 Å². The lowest BCUT2D eigenvalue weighted by Crippen LogP contribution is -2.23. The van der Waals surface area contributed by atoms with E-state index in [4.69, 9.17) is 27.1 Å². The van der Waals surface area contributed by atoms with Crippen molar-refractivity contribution in [1.82, 2.24) is 14.5 Å². The summed E-state index contributed by atoms with van der Waals surface area (Å²) >= 11 is 5.51. The molecule has 0 fully saturated rings. The van der Waals surface area contributed by atoms with Gasteiger partial charge in [0.1, 0.15) is 5.49 Å². The van der Waals surface area contributed by atoms with Gasteiger partial charge in [-0.2, -0.15) is 0 Å². The molecule has 4 aromatic rings. The minimum atomic E-state index is 0.356. The molecule has 4 rings (SSSR count). The summed E-state index contributed by atoms with van der Waals surface area (Å²) in [7, 11) is 3.17. The summed E-state index contributed by atoms with van der Waals surface area (Å²) in [6, 6.07) is 11.8. The molecule has 0 bridgehead atoms. The summed E-state index contributed by atoms with van der Waals surface area (Å²) in [6.45, 7) is 0.611. The van der Waals surface area contributed by atoms with E-state index in [1.807, 2.05) is 35.0 Å². The lowest BCUT2D eigenvalue weighted by atomic mass is 10.1. The van der Waals surface area contributed by atoms with Crippen LogP contribution in [0.5, 0.6) is 11.5 Å². The van der Waals surface area contributed by atoms with Gasteiger partial charge in [-0.1, -0.05) is 18.2 Å². The zero-order chi connectivity index (χ0) is 19.0. The zero-order valence-electron chi connectivity index (χ0n) is 15.1. The summed E-state index contributed by atoms with van der Waals surface area (Å²) < 4.78 is 13.0. The summed E-state index contributed by atoms with van der Waals surface area (Å²) in [4.78, 5) is 6.50. The molecule has 0 spiro atoms. The Morgan fingerprint density at radius 3 is 2.56 bits per heavy atom. The van der Waals surface area contributed by atoms with Crippen molar-refractivity contribution in [2.24, 2.45) is 0 Å². The number of para-hydroxylation sites is 1. The Kier molecular flexibility index (Phi) is 4.45. The second kappa shape index (κ2) is 6.92. The van der Waals surface area contributed by atoms with Crippen LogP contribution in [0.1, 0.15) is 5.56 Å². The third kappa shape index (κ3) is 3.00. The Labute approximate surface area is 160 Å². The minimum Gasteiger partial charge on any atom is -0.493 e. The number of H-pyrrole nitrogens is 2. The number of aromatic nitrogens is 3. The quantitative estimate of drug-likeness (QED) is 0.459. The SMILES string of the molecule is COc1cc2[nH]c(=S)n(CCc3c[nH]c4ccccc34)c(=N)c2cc1OC. The summed E-state index contributed by atoms with van der Waals surface area (Å²) in [6.07, 6.45) is 2.80. The molecule has 0 aliphatic heterocycles. The smallest absolute Gasteiger partial charge is 0.179 e. The maximum absolute atomic E-state index is 8.64. The van der Waals surface area contributed by atoms with E-state index < -0.39 is 0 Å². The van der Waals surface area contributed by atoms with E-state index in [0.717, 1.165) is 22.8 Å². The second-order valence-corrected chi connectivity index (χ2v) is 6.68. The number of aromatic amines is 2. The molecule has 138 valence electrons. The molecule has 0 unspecified atom stereocenters. The normalized spacial score (nSPS) is 11.2. The van der Waals surface area contributed by atoms with E-state index in [1.165, 1.54) is 10.9 Å². The van der Waals surface area contributed by atoms with Gasteiger partial charge in [-0.25, -0.2) is 0 Å². The number of fused-ring (bicyclic) bond motifs is 2. The number of ether oxygens (including phenoxy) is 2. The predicted octanol–water partition coefficient (Wildman–Crippen LogP) is 3.92. The van der Waals surface area contributed by atoms with Crippen LogP contribution in [0.2, 0.25) is 0 Å². The molecule has 2 aromatic heterocycles. The molecule has 6 nitrogen and oxygen atoms in total. The number of rotatable bonds is 5. The highest BCUT2D eigenvalue weighted by Gasteiger charge is 2.11. The third-order valence-electron chi connectivity index (χ3n) is 4.82. The Morgan fingerprint density at radius 1 is 1.04 bits per heavy atom. The van der Waals surface area contributed by atoms with E-state index in [0.29, 0.717) is 28.3 Å². The number of methoxy groups -OCH3 is 2. The van der Waals surface area contributed by atoms with Gasteiger partial charge in [-0.05, 0) is 36.3 Å². The standard InChI is InChI=1S/C20H20N4O2S/c1-25-17-9-14-16(10-18(17)26-2)23-20(27)24(19(14)21)8-7-12-11-22-15-6-4-3-5-13(12)15/h3-6,9-11,21-22H,7-8H2,1-2H3,(H,23,27). The van der Waals surface area contributed by atoms with Crippen LogP contribution < -0.4 is 15.0 Å². The van der Waals surface area contributed by atoms with Crippen molar-refractivity contribution in [2.45, 2.75) is 13.0 Å². The average Bonchev–Trinajstić information content (AvgIpc) is 3.10. The van der Waals surface area contributed by atoms with Gasteiger partial charge < -0.3 is 24.0 Å². The highest BCUT2D eigenvalue weighted by atomic mass is 32.1. The van der Waals surface area contributed by atoms with Crippen molar-refractivity contribution in [3.63, 3.8) is 0 Å². The van der Waals surface area contributed by atoms with Crippen LogP contribution >= 0.6 is 12.2 Å². The van der Waals surface area contributed by atoms with Gasteiger partial charge in [-0.15, -0.1) is 0 Å². The van der Waals surface area contributed by atoms with Crippen molar-refractivity contribution in [3.8, 4) is 11.5 Å². The maximum atomic E-state index is 8.64. The molecule has 0 aliphatic rings. The summed E-state index contributed by atoms with van der Waals surface area (Å²) in [5, 5.41) is 10.6. The number of benzene rings is 2. The van der Waals surface area contributed by atoms with Gasteiger partial charge in [0.15, 0.2) is 16.3 Å². The molecule has 2 heterocycles. The lowest BCUT2D eigenvalue weighted by molar-refractivity contribution is 0.355. The molecule has 2 aromatic carbocycles. The van der Waals surface area contributed by atoms with Crippen LogP contribution in [-0.4, -0.2) is 28.8 Å². The Hall–Kier alpha value is -3.06. The second-order valence-electron chi connectivity index (χ2n) is 6.29. The van der Waals surface area contributed by atoms with Gasteiger partial charge in [0.2, 0.25) is 0 Å². The number of hydrogen-bond acceptors (Lipinski definition) is 4. The minimum absolute atomic E-state index is 0.356. The van der Waals surface area contributed by atoms with Crippen LogP contribution in [0, 0.1) is 10.2 Å². The molecule has 0 saturated carbocycles. The molecule has 0 atom stereocenters. The first-order valence-corrected chi connectivity index (χ1v) is 9.01. The number of hydrogen-bond donors (Lipinski definition) is 3. The Bertz CT molecular complexity index is 1250. The fraction of sp³-hybridized carbons (Fsp3) is 0.200. The summed E-state index contributed by atoms with van der Waals surface area (Å²) in [5.74, 6) is 1.19. The molecule has 0 saturated heterocycles. The first-order chi connectivity index (χ1) is 13.1. The van der Waals surface area contributed by atoms with Crippen LogP contribution in [-0.2, 0) is 13.0 Å². The first-order valence-electron chi connectivity index (χ1n) is 8.61. The van der Waals surface area contributed by atoms with Gasteiger partial charge in [0.05, 0.1) is 19.7 Å². The molecule has 27 heavy (non-hydrogen) atoms. The highest BCUT2D eigenvalue weighted by molar-refractivity contribution is 7.71. The number of nitrogens with zero attached hydrogens (tertiary/aromatic N) is 1. The van der Waals surface area contributed by atoms with Crippen LogP contribution in [0.3, 0.4) is 0 Å². The van der Waals surface area contributed by atoms with E-state index in [-0.39, 0.29) is 0 Å². The van der Waals surface area contributed by atoms with E-state index in [1.54, 1.807) is 14.2 Å². The van der Waals surface area contributed by atoms with Gasteiger partial charge in [0, 0.05) is 35.1 Å². The van der Waals surface area contributed by atoms with Crippen LogP contribution in [0.25, 0.3) is 21.8 Å². The van der Waals surface area contributed by atoms with Gasteiger partial charge in [0.25, 0.3) is 0 Å². The van der Waals surface area contributed by atoms with E-state index >= 15 is 0 Å². The molecular formula is C20H20N4O2S. The van der Waals surface area contributed by atoms with Gasteiger partial charge >= 0.3 is 0 Å². The van der Waals surface area contributed by atoms with Crippen molar-refractivity contribution >= 4 is 34.0 Å².